The van der Waals surface area contributed by atoms with Crippen LogP contribution in [0.4, 0.5) is 10.1 Å². The lowest BCUT2D eigenvalue weighted by Gasteiger charge is -2.14. The minimum absolute atomic E-state index is 0.0194. The molecule has 1 N–H and O–H groups in total. The number of halogens is 1. The number of ether oxygens (including phenoxy) is 2. The van der Waals surface area contributed by atoms with Crippen LogP contribution in [-0.2, 0) is 14.3 Å². The maximum absolute atomic E-state index is 13.1. The van der Waals surface area contributed by atoms with Gasteiger partial charge in [0.15, 0.2) is 6.10 Å². The summed E-state index contributed by atoms with van der Waals surface area (Å²) in [6, 6.07) is 12.9. The van der Waals surface area contributed by atoms with Crippen molar-refractivity contribution < 1.29 is 23.5 Å². The van der Waals surface area contributed by atoms with Crippen LogP contribution in [0.15, 0.2) is 48.5 Å². The highest BCUT2D eigenvalue weighted by Crippen LogP contribution is 2.13. The molecule has 2 rings (SSSR count). The van der Waals surface area contributed by atoms with E-state index in [-0.39, 0.29) is 13.0 Å². The van der Waals surface area contributed by atoms with Gasteiger partial charge in [0.05, 0.1) is 13.0 Å². The number of anilines is 1. The molecule has 0 heterocycles. The van der Waals surface area contributed by atoms with E-state index in [1.165, 1.54) is 25.1 Å². The molecular formula is C19H20FNO4. The Labute approximate surface area is 145 Å². The fraction of sp³-hybridized carbons (Fsp3) is 0.263. The molecule has 0 spiro atoms. The SMILES string of the molecule is Cc1cccc(OCCC(=O)O[C@@H](C)C(=O)Nc2cccc(F)c2)c1. The van der Waals surface area contributed by atoms with E-state index in [2.05, 4.69) is 5.32 Å². The molecule has 0 unspecified atom stereocenters. The van der Waals surface area contributed by atoms with E-state index in [0.717, 1.165) is 5.56 Å². The smallest absolute Gasteiger partial charge is 0.310 e. The summed E-state index contributed by atoms with van der Waals surface area (Å²) in [6.07, 6.45) is -0.972. The Balaban J connectivity index is 1.74. The summed E-state index contributed by atoms with van der Waals surface area (Å²) in [6.45, 7) is 3.55. The van der Waals surface area contributed by atoms with Crippen LogP contribution in [0.1, 0.15) is 18.9 Å². The molecule has 5 nitrogen and oxygen atoms in total. The molecule has 2 aromatic carbocycles. The average Bonchev–Trinajstić information content (AvgIpc) is 2.55. The first-order valence-corrected chi connectivity index (χ1v) is 7.89. The number of benzene rings is 2. The van der Waals surface area contributed by atoms with Crippen molar-refractivity contribution in [3.05, 3.63) is 59.9 Å². The van der Waals surface area contributed by atoms with Gasteiger partial charge in [0.25, 0.3) is 5.91 Å². The molecule has 1 amide bonds. The lowest BCUT2D eigenvalue weighted by molar-refractivity contribution is -0.153. The second kappa shape index (κ2) is 8.82. The number of carbonyl (C=O) groups is 2. The van der Waals surface area contributed by atoms with Crippen LogP contribution in [0.5, 0.6) is 5.75 Å². The van der Waals surface area contributed by atoms with Crippen molar-refractivity contribution in [1.29, 1.82) is 0 Å². The van der Waals surface area contributed by atoms with Crippen molar-refractivity contribution in [2.45, 2.75) is 26.4 Å². The highest BCUT2D eigenvalue weighted by atomic mass is 19.1. The topological polar surface area (TPSA) is 64.6 Å². The fourth-order valence-electron chi connectivity index (χ4n) is 2.08. The van der Waals surface area contributed by atoms with E-state index in [0.29, 0.717) is 11.4 Å². The predicted molar refractivity (Wildman–Crippen MR) is 91.9 cm³/mol. The molecule has 6 heteroatoms. The van der Waals surface area contributed by atoms with Crippen LogP contribution in [0, 0.1) is 12.7 Å². The van der Waals surface area contributed by atoms with Crippen molar-refractivity contribution in [1.82, 2.24) is 0 Å². The average molecular weight is 345 g/mol. The van der Waals surface area contributed by atoms with Gasteiger partial charge in [-0.25, -0.2) is 4.39 Å². The summed E-state index contributed by atoms with van der Waals surface area (Å²) in [7, 11) is 0. The minimum atomic E-state index is -0.991. The second-order valence-electron chi connectivity index (χ2n) is 5.55. The van der Waals surface area contributed by atoms with E-state index in [1.807, 2.05) is 25.1 Å². The monoisotopic (exact) mass is 345 g/mol. The van der Waals surface area contributed by atoms with Crippen LogP contribution in [0.25, 0.3) is 0 Å². The van der Waals surface area contributed by atoms with Crippen molar-refractivity contribution in [2.75, 3.05) is 11.9 Å². The number of hydrogen-bond acceptors (Lipinski definition) is 4. The number of carbonyl (C=O) groups excluding carboxylic acids is 2. The van der Waals surface area contributed by atoms with E-state index in [4.69, 9.17) is 9.47 Å². The van der Waals surface area contributed by atoms with Gasteiger partial charge in [-0.1, -0.05) is 18.2 Å². The van der Waals surface area contributed by atoms with Gasteiger partial charge in [-0.15, -0.1) is 0 Å². The summed E-state index contributed by atoms with van der Waals surface area (Å²) in [5, 5.41) is 2.49. The Morgan fingerprint density at radius 1 is 1.16 bits per heavy atom. The molecule has 0 fully saturated rings. The van der Waals surface area contributed by atoms with Crippen LogP contribution in [0.2, 0.25) is 0 Å². The fourth-order valence-corrected chi connectivity index (χ4v) is 2.08. The molecule has 0 saturated carbocycles. The number of nitrogens with one attached hydrogen (secondary N) is 1. The summed E-state index contributed by atoms with van der Waals surface area (Å²) < 4.78 is 23.6. The Morgan fingerprint density at radius 3 is 2.64 bits per heavy atom. The van der Waals surface area contributed by atoms with Gasteiger partial charge < -0.3 is 14.8 Å². The third kappa shape index (κ3) is 6.25. The normalized spacial score (nSPS) is 11.5. The van der Waals surface area contributed by atoms with Crippen LogP contribution >= 0.6 is 0 Å². The Bertz CT molecular complexity index is 748. The number of aryl methyl sites for hydroxylation is 1. The molecular weight excluding hydrogens is 325 g/mol. The first-order chi connectivity index (χ1) is 11.9. The van der Waals surface area contributed by atoms with Gasteiger partial charge in [0.1, 0.15) is 11.6 Å². The molecule has 0 saturated heterocycles. The molecule has 0 radical (unpaired) electrons. The number of amides is 1. The third-order valence-corrected chi connectivity index (χ3v) is 3.33. The molecule has 0 aliphatic carbocycles. The van der Waals surface area contributed by atoms with E-state index in [9.17, 15) is 14.0 Å². The van der Waals surface area contributed by atoms with Crippen LogP contribution in [-0.4, -0.2) is 24.6 Å². The molecule has 132 valence electrons. The number of esters is 1. The van der Waals surface area contributed by atoms with E-state index in [1.54, 1.807) is 12.1 Å². The maximum Gasteiger partial charge on any atom is 0.310 e. The van der Waals surface area contributed by atoms with Gasteiger partial charge in [-0.2, -0.15) is 0 Å². The zero-order chi connectivity index (χ0) is 18.2. The third-order valence-electron chi connectivity index (χ3n) is 3.33. The standard InChI is InChI=1S/C19H20FNO4/c1-13-5-3-8-17(11-13)24-10-9-18(22)25-14(2)19(23)21-16-7-4-6-15(20)12-16/h3-8,11-12,14H,9-10H2,1-2H3,(H,21,23)/t14-/m0/s1. The zero-order valence-corrected chi connectivity index (χ0v) is 14.1. The lowest BCUT2D eigenvalue weighted by Crippen LogP contribution is -2.30. The summed E-state index contributed by atoms with van der Waals surface area (Å²) in [5.74, 6) is -0.867. The van der Waals surface area contributed by atoms with Gasteiger partial charge in [-0.05, 0) is 49.7 Å². The number of hydrogen-bond donors (Lipinski definition) is 1. The van der Waals surface area contributed by atoms with Crippen LogP contribution < -0.4 is 10.1 Å². The van der Waals surface area contributed by atoms with Crippen molar-refractivity contribution in [3.8, 4) is 5.75 Å². The van der Waals surface area contributed by atoms with Gasteiger partial charge in [0, 0.05) is 5.69 Å². The highest BCUT2D eigenvalue weighted by Gasteiger charge is 2.18. The highest BCUT2D eigenvalue weighted by molar-refractivity contribution is 5.95. The summed E-state index contributed by atoms with van der Waals surface area (Å²) in [5.41, 5.74) is 1.36. The quantitative estimate of drug-likeness (QED) is 0.781. The molecule has 0 bridgehead atoms. The molecule has 2 aromatic rings. The van der Waals surface area contributed by atoms with Crippen LogP contribution in [0.3, 0.4) is 0 Å². The molecule has 0 aliphatic rings. The maximum atomic E-state index is 13.1. The summed E-state index contributed by atoms with van der Waals surface area (Å²) >= 11 is 0. The Hall–Kier alpha value is -2.89. The van der Waals surface area contributed by atoms with Gasteiger partial charge in [-0.3, -0.25) is 9.59 Å². The summed E-state index contributed by atoms with van der Waals surface area (Å²) in [4.78, 5) is 23.7. The lowest BCUT2D eigenvalue weighted by atomic mass is 10.2. The van der Waals surface area contributed by atoms with E-state index >= 15 is 0 Å². The van der Waals surface area contributed by atoms with Crippen molar-refractivity contribution >= 4 is 17.6 Å². The molecule has 0 aliphatic heterocycles. The second-order valence-corrected chi connectivity index (χ2v) is 5.55. The van der Waals surface area contributed by atoms with E-state index < -0.39 is 23.8 Å². The van der Waals surface area contributed by atoms with Crippen molar-refractivity contribution in [3.63, 3.8) is 0 Å². The Morgan fingerprint density at radius 2 is 1.92 bits per heavy atom. The molecule has 25 heavy (non-hydrogen) atoms. The number of rotatable bonds is 7. The molecule has 0 aromatic heterocycles. The van der Waals surface area contributed by atoms with Gasteiger partial charge >= 0.3 is 5.97 Å². The minimum Gasteiger partial charge on any atom is -0.493 e. The molecule has 1 atom stereocenters. The van der Waals surface area contributed by atoms with Gasteiger partial charge in [0.2, 0.25) is 0 Å². The predicted octanol–water partition coefficient (Wildman–Crippen LogP) is 3.47. The first kappa shape index (κ1) is 18.4. The first-order valence-electron chi connectivity index (χ1n) is 7.89. The van der Waals surface area contributed by atoms with Crippen molar-refractivity contribution in [2.24, 2.45) is 0 Å². The largest absolute Gasteiger partial charge is 0.493 e. The zero-order valence-electron chi connectivity index (χ0n) is 14.1. The Kier molecular flexibility index (Phi) is 6.51.